The average Bonchev–Trinajstić information content (AvgIpc) is 3.02. The standard InChI is InChI=1S/C36H34O8/c1-25(37)41-33(35(43-27(3)39,29-17-9-5-10-18-29)30-19-11-6-12-20-30)34(42-26(2)38)36(44-28(4)40,31-21-13-7-14-22-31)32-23-15-8-16-24-32/h5-24,33-34H,1-4H3/t33-,34-/m1/s1. The summed E-state index contributed by atoms with van der Waals surface area (Å²) in [7, 11) is 0. The zero-order chi connectivity index (χ0) is 31.7. The lowest BCUT2D eigenvalue weighted by Gasteiger charge is -2.48. The summed E-state index contributed by atoms with van der Waals surface area (Å²) in [5.41, 5.74) is -2.11. The van der Waals surface area contributed by atoms with Crippen LogP contribution in [0.1, 0.15) is 49.9 Å². The summed E-state index contributed by atoms with van der Waals surface area (Å²) < 4.78 is 24.8. The van der Waals surface area contributed by atoms with Crippen molar-refractivity contribution in [3.8, 4) is 0 Å². The lowest BCUT2D eigenvalue weighted by atomic mass is 9.71. The molecule has 0 N–H and O–H groups in total. The van der Waals surface area contributed by atoms with E-state index in [2.05, 4.69) is 0 Å². The van der Waals surface area contributed by atoms with Crippen LogP contribution < -0.4 is 0 Å². The Hall–Kier alpha value is -5.24. The fourth-order valence-electron chi connectivity index (χ4n) is 5.61. The molecule has 4 aromatic carbocycles. The van der Waals surface area contributed by atoms with Crippen molar-refractivity contribution in [2.75, 3.05) is 0 Å². The number of hydrogen-bond donors (Lipinski definition) is 0. The molecule has 0 radical (unpaired) electrons. The van der Waals surface area contributed by atoms with Gasteiger partial charge in [0.25, 0.3) is 0 Å². The van der Waals surface area contributed by atoms with Gasteiger partial charge in [-0.2, -0.15) is 0 Å². The molecule has 0 aliphatic carbocycles. The second-order valence-electron chi connectivity index (χ2n) is 10.2. The van der Waals surface area contributed by atoms with Crippen LogP contribution in [0.25, 0.3) is 0 Å². The molecule has 8 nitrogen and oxygen atoms in total. The Labute approximate surface area is 256 Å². The highest BCUT2D eigenvalue weighted by Crippen LogP contribution is 2.48. The van der Waals surface area contributed by atoms with E-state index in [0.717, 1.165) is 0 Å². The Bertz CT molecular complexity index is 1370. The summed E-state index contributed by atoms with van der Waals surface area (Å²) in [5, 5.41) is 0. The number of rotatable bonds is 11. The highest BCUT2D eigenvalue weighted by Gasteiger charge is 2.61. The molecule has 44 heavy (non-hydrogen) atoms. The van der Waals surface area contributed by atoms with Gasteiger partial charge in [-0.3, -0.25) is 19.2 Å². The van der Waals surface area contributed by atoms with E-state index in [-0.39, 0.29) is 0 Å². The van der Waals surface area contributed by atoms with Crippen molar-refractivity contribution < 1.29 is 38.1 Å². The van der Waals surface area contributed by atoms with Crippen molar-refractivity contribution in [3.05, 3.63) is 144 Å². The second-order valence-corrected chi connectivity index (χ2v) is 10.2. The van der Waals surface area contributed by atoms with E-state index in [1.807, 2.05) is 0 Å². The molecule has 0 bridgehead atoms. The minimum atomic E-state index is -1.89. The number of esters is 4. The molecular formula is C36H34O8. The SMILES string of the molecule is CC(=O)O[C@H]([C@@H](OC(C)=O)C(OC(C)=O)(c1ccccc1)c1ccccc1)C(OC(C)=O)(c1ccccc1)c1ccccc1. The van der Waals surface area contributed by atoms with E-state index >= 15 is 0 Å². The van der Waals surface area contributed by atoms with Crippen molar-refractivity contribution in [2.24, 2.45) is 0 Å². The van der Waals surface area contributed by atoms with Gasteiger partial charge < -0.3 is 18.9 Å². The summed E-state index contributed by atoms with van der Waals surface area (Å²) in [6, 6.07) is 34.9. The van der Waals surface area contributed by atoms with Crippen molar-refractivity contribution in [1.82, 2.24) is 0 Å². The molecule has 226 valence electrons. The van der Waals surface area contributed by atoms with E-state index in [1.165, 1.54) is 27.7 Å². The molecule has 0 saturated carbocycles. The molecule has 8 heteroatoms. The Morgan fingerprint density at radius 3 is 0.818 bits per heavy atom. The molecule has 4 aromatic rings. The smallest absolute Gasteiger partial charge is 0.304 e. The van der Waals surface area contributed by atoms with Gasteiger partial charge in [-0.1, -0.05) is 121 Å². The molecule has 0 spiro atoms. The van der Waals surface area contributed by atoms with Crippen LogP contribution in [0.3, 0.4) is 0 Å². The lowest BCUT2D eigenvalue weighted by Crippen LogP contribution is -2.61. The second kappa shape index (κ2) is 13.8. The van der Waals surface area contributed by atoms with Gasteiger partial charge in [0.05, 0.1) is 0 Å². The van der Waals surface area contributed by atoms with Crippen LogP contribution in [0.2, 0.25) is 0 Å². The number of carbonyl (C=O) groups is 4. The average molecular weight is 595 g/mol. The van der Waals surface area contributed by atoms with Gasteiger partial charge in [0.2, 0.25) is 11.2 Å². The van der Waals surface area contributed by atoms with Gasteiger partial charge in [0.15, 0.2) is 12.2 Å². The number of benzene rings is 4. The van der Waals surface area contributed by atoms with Crippen LogP contribution >= 0.6 is 0 Å². The first kappa shape index (κ1) is 31.7. The summed E-state index contributed by atoms with van der Waals surface area (Å²) >= 11 is 0. The molecule has 0 fully saturated rings. The first-order chi connectivity index (χ1) is 21.1. The van der Waals surface area contributed by atoms with Crippen molar-refractivity contribution in [3.63, 3.8) is 0 Å². The van der Waals surface area contributed by atoms with Crippen molar-refractivity contribution in [2.45, 2.75) is 51.1 Å². The van der Waals surface area contributed by atoms with Crippen LogP contribution in [-0.2, 0) is 49.3 Å². The maximum absolute atomic E-state index is 13.1. The molecule has 0 aliphatic heterocycles. The van der Waals surface area contributed by atoms with Gasteiger partial charge in [0, 0.05) is 49.9 Å². The van der Waals surface area contributed by atoms with Crippen LogP contribution in [0.15, 0.2) is 121 Å². The van der Waals surface area contributed by atoms with Crippen molar-refractivity contribution in [1.29, 1.82) is 0 Å². The molecule has 0 unspecified atom stereocenters. The molecule has 0 aliphatic rings. The Balaban J connectivity index is 2.23. The van der Waals surface area contributed by atoms with E-state index < -0.39 is 47.3 Å². The maximum Gasteiger partial charge on any atom is 0.304 e. The number of hydrogen-bond acceptors (Lipinski definition) is 8. The summed E-state index contributed by atoms with van der Waals surface area (Å²) in [6.07, 6.45) is -3.20. The van der Waals surface area contributed by atoms with Crippen LogP contribution in [0.5, 0.6) is 0 Å². The molecule has 0 heterocycles. The Morgan fingerprint density at radius 2 is 0.636 bits per heavy atom. The normalized spacial score (nSPS) is 12.7. The van der Waals surface area contributed by atoms with E-state index in [9.17, 15) is 19.2 Å². The zero-order valence-electron chi connectivity index (χ0n) is 25.0. The first-order valence-electron chi connectivity index (χ1n) is 14.1. The fourth-order valence-corrected chi connectivity index (χ4v) is 5.61. The van der Waals surface area contributed by atoms with E-state index in [0.29, 0.717) is 22.3 Å². The molecule has 4 rings (SSSR count). The topological polar surface area (TPSA) is 105 Å². The quantitative estimate of drug-likeness (QED) is 0.157. The minimum absolute atomic E-state index is 0.419. The summed E-state index contributed by atoms with van der Waals surface area (Å²) in [5.74, 6) is -2.91. The van der Waals surface area contributed by atoms with Crippen LogP contribution in [0, 0.1) is 0 Å². The van der Waals surface area contributed by atoms with Gasteiger partial charge in [-0.15, -0.1) is 0 Å². The van der Waals surface area contributed by atoms with Gasteiger partial charge in [0.1, 0.15) is 0 Å². The van der Waals surface area contributed by atoms with Crippen LogP contribution in [0.4, 0.5) is 0 Å². The summed E-state index contributed by atoms with van der Waals surface area (Å²) in [4.78, 5) is 52.2. The first-order valence-corrected chi connectivity index (χ1v) is 14.1. The third-order valence-electron chi connectivity index (χ3n) is 7.08. The van der Waals surface area contributed by atoms with Gasteiger partial charge >= 0.3 is 23.9 Å². The maximum atomic E-state index is 13.1. The predicted molar refractivity (Wildman–Crippen MR) is 162 cm³/mol. The lowest BCUT2D eigenvalue weighted by molar-refractivity contribution is -0.225. The predicted octanol–water partition coefficient (Wildman–Crippen LogP) is 5.86. The van der Waals surface area contributed by atoms with E-state index in [4.69, 9.17) is 18.9 Å². The molecule has 0 amide bonds. The fraction of sp³-hybridized carbons (Fsp3) is 0.222. The third kappa shape index (κ3) is 6.54. The van der Waals surface area contributed by atoms with Gasteiger partial charge in [-0.25, -0.2) is 0 Å². The number of ether oxygens (including phenoxy) is 4. The molecular weight excluding hydrogens is 560 g/mol. The monoisotopic (exact) mass is 594 g/mol. The highest BCUT2D eigenvalue weighted by molar-refractivity contribution is 5.71. The molecule has 0 saturated heterocycles. The van der Waals surface area contributed by atoms with Crippen LogP contribution in [-0.4, -0.2) is 36.1 Å². The zero-order valence-corrected chi connectivity index (χ0v) is 25.0. The minimum Gasteiger partial charge on any atom is -0.453 e. The van der Waals surface area contributed by atoms with Crippen molar-refractivity contribution >= 4 is 23.9 Å². The van der Waals surface area contributed by atoms with Gasteiger partial charge in [-0.05, 0) is 0 Å². The molecule has 0 aromatic heterocycles. The highest BCUT2D eigenvalue weighted by atomic mass is 16.6. The Kier molecular flexibility index (Phi) is 9.95. The Morgan fingerprint density at radius 1 is 0.409 bits per heavy atom. The molecule has 2 atom stereocenters. The largest absolute Gasteiger partial charge is 0.453 e. The van der Waals surface area contributed by atoms with E-state index in [1.54, 1.807) is 121 Å². The number of carbonyl (C=O) groups excluding carboxylic acids is 4. The third-order valence-corrected chi connectivity index (χ3v) is 7.08. The summed E-state index contributed by atoms with van der Waals surface area (Å²) in [6.45, 7) is 4.87.